The molecule has 0 aliphatic rings. The summed E-state index contributed by atoms with van der Waals surface area (Å²) in [5, 5.41) is 13.5. The predicted octanol–water partition coefficient (Wildman–Crippen LogP) is 2.10. The van der Waals surface area contributed by atoms with E-state index in [0.717, 1.165) is 0 Å². The van der Waals surface area contributed by atoms with Crippen molar-refractivity contribution < 1.29 is 19.0 Å². The van der Waals surface area contributed by atoms with Gasteiger partial charge in [-0.05, 0) is 40.6 Å². The number of carbonyl (C=O) groups is 1. The summed E-state index contributed by atoms with van der Waals surface area (Å²) in [5.74, 6) is 0.505. The van der Waals surface area contributed by atoms with E-state index in [1.807, 2.05) is 0 Å². The molecule has 1 aromatic heterocycles. The second-order valence-corrected chi connectivity index (χ2v) is 4.65. The average molecular weight is 327 g/mol. The fourth-order valence-electron chi connectivity index (χ4n) is 1.97. The number of oxime groups is 1. The highest BCUT2D eigenvalue weighted by atomic mass is 16.7. The highest BCUT2D eigenvalue weighted by Gasteiger charge is 2.09. The number of para-hydroxylation sites is 2. The van der Waals surface area contributed by atoms with E-state index in [0.29, 0.717) is 28.0 Å². The Morgan fingerprint density at radius 1 is 1.21 bits per heavy atom. The Hall–Kier alpha value is -3.62. The van der Waals surface area contributed by atoms with Crippen molar-refractivity contribution in [3.8, 4) is 5.75 Å². The molecule has 122 valence electrons. The van der Waals surface area contributed by atoms with Gasteiger partial charge in [0.1, 0.15) is 16.8 Å². The van der Waals surface area contributed by atoms with Crippen LogP contribution < -0.4 is 15.8 Å². The van der Waals surface area contributed by atoms with E-state index in [4.69, 9.17) is 15.3 Å². The molecule has 0 bridgehead atoms. The molecule has 0 atom stereocenters. The van der Waals surface area contributed by atoms with Crippen LogP contribution in [0.2, 0.25) is 0 Å². The molecule has 0 unspecified atom stereocenters. The number of aromatic nitrogens is 2. The maximum absolute atomic E-state index is 11.8. The second-order valence-electron chi connectivity index (χ2n) is 4.65. The molecule has 9 nitrogen and oxygen atoms in total. The topological polar surface area (TPSA) is 125 Å². The number of amidine groups is 1. The molecule has 0 radical (unpaired) electrons. The average Bonchev–Trinajstić information content (AvgIpc) is 3.07. The van der Waals surface area contributed by atoms with Crippen LogP contribution in [0.5, 0.6) is 5.75 Å². The number of rotatable bonds is 4. The van der Waals surface area contributed by atoms with Gasteiger partial charge in [0, 0.05) is 5.56 Å². The van der Waals surface area contributed by atoms with Gasteiger partial charge in [0.2, 0.25) is 0 Å². The Bertz CT molecular complexity index is 906. The highest BCUT2D eigenvalue weighted by molar-refractivity contribution is 6.00. The first-order valence-corrected chi connectivity index (χ1v) is 6.84. The number of ether oxygens (including phenoxy) is 1. The normalized spacial score (nSPS) is 11.3. The fourth-order valence-corrected chi connectivity index (χ4v) is 1.97. The van der Waals surface area contributed by atoms with Crippen LogP contribution in [0.1, 0.15) is 5.56 Å². The summed E-state index contributed by atoms with van der Waals surface area (Å²) in [4.78, 5) is 16.6. The van der Waals surface area contributed by atoms with Gasteiger partial charge in [0.05, 0.1) is 12.8 Å². The van der Waals surface area contributed by atoms with Crippen molar-refractivity contribution in [3.05, 3.63) is 48.0 Å². The number of amides is 1. The smallest absolute Gasteiger partial charge is 0.438 e. The first-order valence-electron chi connectivity index (χ1n) is 6.84. The third-order valence-electron chi connectivity index (χ3n) is 3.12. The van der Waals surface area contributed by atoms with Gasteiger partial charge in [-0.3, -0.25) is 10.2 Å². The van der Waals surface area contributed by atoms with Gasteiger partial charge in [-0.15, -0.1) is 0 Å². The van der Waals surface area contributed by atoms with Gasteiger partial charge in [-0.1, -0.05) is 17.3 Å². The summed E-state index contributed by atoms with van der Waals surface area (Å²) in [6, 6.07) is 11.8. The molecule has 3 rings (SSSR count). The van der Waals surface area contributed by atoms with E-state index < -0.39 is 6.09 Å². The summed E-state index contributed by atoms with van der Waals surface area (Å²) < 4.78 is 9.72. The summed E-state index contributed by atoms with van der Waals surface area (Å²) in [5.41, 5.74) is 7.87. The number of fused-ring (bicyclic) bond motifs is 1. The zero-order chi connectivity index (χ0) is 16.9. The lowest BCUT2D eigenvalue weighted by atomic mass is 10.2. The zero-order valence-electron chi connectivity index (χ0n) is 12.6. The fraction of sp³-hybridized carbons (Fsp3) is 0.0667. The molecular formula is C15H13N5O4. The minimum Gasteiger partial charge on any atom is -0.495 e. The summed E-state index contributed by atoms with van der Waals surface area (Å²) in [7, 11) is 1.50. The van der Waals surface area contributed by atoms with Crippen molar-refractivity contribution in [1.82, 2.24) is 10.3 Å². The molecule has 0 aliphatic heterocycles. The largest absolute Gasteiger partial charge is 0.495 e. The molecule has 0 spiro atoms. The van der Waals surface area contributed by atoms with Gasteiger partial charge in [0.25, 0.3) is 0 Å². The van der Waals surface area contributed by atoms with Gasteiger partial charge in [-0.2, -0.15) is 0 Å². The first-order chi connectivity index (χ1) is 11.7. The molecule has 1 heterocycles. The van der Waals surface area contributed by atoms with Crippen LogP contribution in [0, 0.1) is 0 Å². The quantitative estimate of drug-likeness (QED) is 0.325. The van der Waals surface area contributed by atoms with Crippen LogP contribution in [-0.4, -0.2) is 29.4 Å². The molecule has 24 heavy (non-hydrogen) atoms. The standard InChI is InChI=1S/C15H13N5O4/c1-22-13-5-3-2-4-11(13)17-15(21)23-20-14(16)9-6-7-10-12(8-9)19-24-18-10/h2-8H,1H3,(H2,16,20)(H,17,21). The van der Waals surface area contributed by atoms with Gasteiger partial charge < -0.3 is 10.5 Å². The summed E-state index contributed by atoms with van der Waals surface area (Å²) in [6.07, 6.45) is -0.799. The van der Waals surface area contributed by atoms with E-state index in [2.05, 4.69) is 25.4 Å². The summed E-state index contributed by atoms with van der Waals surface area (Å²) >= 11 is 0. The lowest BCUT2D eigenvalue weighted by Crippen LogP contribution is -2.17. The van der Waals surface area contributed by atoms with Crippen molar-refractivity contribution in [2.45, 2.75) is 0 Å². The highest BCUT2D eigenvalue weighted by Crippen LogP contribution is 2.23. The molecule has 1 amide bonds. The van der Waals surface area contributed by atoms with Crippen molar-refractivity contribution >= 4 is 28.6 Å². The molecular weight excluding hydrogens is 314 g/mol. The first kappa shape index (κ1) is 15.3. The van der Waals surface area contributed by atoms with E-state index in [9.17, 15) is 4.79 Å². The van der Waals surface area contributed by atoms with Crippen LogP contribution in [0.15, 0.2) is 52.2 Å². The van der Waals surface area contributed by atoms with Crippen molar-refractivity contribution in [2.75, 3.05) is 12.4 Å². The third kappa shape index (κ3) is 3.24. The molecule has 0 fully saturated rings. The lowest BCUT2D eigenvalue weighted by Gasteiger charge is -2.08. The molecule has 9 heteroatoms. The zero-order valence-corrected chi connectivity index (χ0v) is 12.6. The Kier molecular flexibility index (Phi) is 4.23. The number of nitrogens with two attached hydrogens (primary N) is 1. The minimum absolute atomic E-state index is 0.00933. The van der Waals surface area contributed by atoms with E-state index >= 15 is 0 Å². The summed E-state index contributed by atoms with van der Waals surface area (Å²) in [6.45, 7) is 0. The van der Waals surface area contributed by atoms with Crippen molar-refractivity contribution in [3.63, 3.8) is 0 Å². The van der Waals surface area contributed by atoms with Gasteiger partial charge >= 0.3 is 6.09 Å². The number of nitrogens with one attached hydrogen (secondary N) is 1. The van der Waals surface area contributed by atoms with Crippen LogP contribution in [0.3, 0.4) is 0 Å². The van der Waals surface area contributed by atoms with Crippen LogP contribution in [0.4, 0.5) is 10.5 Å². The number of nitrogens with zero attached hydrogens (tertiary/aromatic N) is 3. The van der Waals surface area contributed by atoms with E-state index in [1.165, 1.54) is 7.11 Å². The SMILES string of the molecule is COc1ccccc1NC(=O)O/N=C(\N)c1ccc2nonc2c1. The molecule has 0 aliphatic carbocycles. The maximum Gasteiger partial charge on any atom is 0.438 e. The second kappa shape index (κ2) is 6.65. The molecule has 3 aromatic rings. The number of hydrogen-bond acceptors (Lipinski definition) is 7. The van der Waals surface area contributed by atoms with Crippen LogP contribution >= 0.6 is 0 Å². The van der Waals surface area contributed by atoms with Crippen LogP contribution in [-0.2, 0) is 4.84 Å². The van der Waals surface area contributed by atoms with Crippen molar-refractivity contribution in [2.24, 2.45) is 10.9 Å². The predicted molar refractivity (Wildman–Crippen MR) is 85.6 cm³/mol. The third-order valence-corrected chi connectivity index (χ3v) is 3.12. The molecule has 3 N–H and O–H groups in total. The minimum atomic E-state index is -0.799. The Labute approximate surface area is 136 Å². The van der Waals surface area contributed by atoms with Crippen molar-refractivity contribution in [1.29, 1.82) is 0 Å². The number of hydrogen-bond donors (Lipinski definition) is 2. The number of benzene rings is 2. The Balaban J connectivity index is 1.68. The maximum atomic E-state index is 11.8. The Morgan fingerprint density at radius 2 is 2.00 bits per heavy atom. The molecule has 0 saturated carbocycles. The van der Waals surface area contributed by atoms with E-state index in [-0.39, 0.29) is 5.84 Å². The monoisotopic (exact) mass is 327 g/mol. The van der Waals surface area contributed by atoms with E-state index in [1.54, 1.807) is 42.5 Å². The number of methoxy groups -OCH3 is 1. The van der Waals surface area contributed by atoms with Gasteiger partial charge in [-0.25, -0.2) is 9.42 Å². The Morgan fingerprint density at radius 3 is 2.83 bits per heavy atom. The lowest BCUT2D eigenvalue weighted by molar-refractivity contribution is 0.166. The van der Waals surface area contributed by atoms with Crippen LogP contribution in [0.25, 0.3) is 11.0 Å². The molecule has 2 aromatic carbocycles. The molecule has 0 saturated heterocycles. The number of carbonyl (C=O) groups excluding carboxylic acids is 1. The number of anilines is 1. The van der Waals surface area contributed by atoms with Gasteiger partial charge in [0.15, 0.2) is 5.84 Å².